The monoisotopic (exact) mass is 404 g/mol. The van der Waals surface area contributed by atoms with Crippen LogP contribution in [0.4, 0.5) is 11.4 Å². The second kappa shape index (κ2) is 8.02. The van der Waals surface area contributed by atoms with E-state index in [2.05, 4.69) is 34.4 Å². The summed E-state index contributed by atoms with van der Waals surface area (Å²) in [6.45, 7) is 4.21. The Morgan fingerprint density at radius 1 is 1.10 bits per heavy atom. The van der Waals surface area contributed by atoms with E-state index in [-0.39, 0.29) is 30.6 Å². The van der Waals surface area contributed by atoms with E-state index in [1.165, 1.54) is 0 Å². The van der Waals surface area contributed by atoms with Gasteiger partial charge in [-0.05, 0) is 50.6 Å². The number of rotatable bonds is 5. The first kappa shape index (κ1) is 19.7. The van der Waals surface area contributed by atoms with E-state index < -0.39 is 6.04 Å². The molecule has 30 heavy (non-hydrogen) atoms. The van der Waals surface area contributed by atoms with E-state index in [1.54, 1.807) is 24.3 Å². The molecule has 3 amide bonds. The topological polar surface area (TPSA) is 92.2 Å². The van der Waals surface area contributed by atoms with Crippen LogP contribution in [0.2, 0.25) is 0 Å². The van der Waals surface area contributed by atoms with Gasteiger partial charge in [0.05, 0.1) is 22.5 Å². The van der Waals surface area contributed by atoms with Gasteiger partial charge in [-0.2, -0.15) is 0 Å². The summed E-state index contributed by atoms with van der Waals surface area (Å²) >= 11 is 0. The van der Waals surface area contributed by atoms with E-state index in [1.807, 2.05) is 30.5 Å². The van der Waals surface area contributed by atoms with Crippen LogP contribution < -0.4 is 16.0 Å². The highest BCUT2D eigenvalue weighted by Gasteiger charge is 2.27. The van der Waals surface area contributed by atoms with Crippen molar-refractivity contribution in [1.29, 1.82) is 0 Å². The minimum atomic E-state index is -0.770. The summed E-state index contributed by atoms with van der Waals surface area (Å²) in [6, 6.07) is 14.2. The number of fused-ring (bicyclic) bond motifs is 2. The number of amides is 3. The van der Waals surface area contributed by atoms with Crippen molar-refractivity contribution in [3.05, 3.63) is 60.3 Å². The molecule has 7 heteroatoms. The lowest BCUT2D eigenvalue weighted by Crippen LogP contribution is -2.41. The smallest absolute Gasteiger partial charge is 0.254 e. The van der Waals surface area contributed by atoms with Crippen LogP contribution in [0.5, 0.6) is 0 Å². The molecule has 2 heterocycles. The molecular weight excluding hydrogens is 380 g/mol. The summed E-state index contributed by atoms with van der Waals surface area (Å²) < 4.78 is 2.15. The van der Waals surface area contributed by atoms with Crippen molar-refractivity contribution in [3.63, 3.8) is 0 Å². The predicted molar refractivity (Wildman–Crippen MR) is 117 cm³/mol. The Hall–Kier alpha value is -3.61. The number of nitrogens with zero attached hydrogens (tertiary/aromatic N) is 1. The fourth-order valence-corrected chi connectivity index (χ4v) is 3.75. The van der Waals surface area contributed by atoms with Crippen molar-refractivity contribution < 1.29 is 14.4 Å². The number of carbonyl (C=O) groups excluding carboxylic acids is 3. The maximum atomic E-state index is 12.6. The van der Waals surface area contributed by atoms with E-state index in [9.17, 15) is 14.4 Å². The van der Waals surface area contributed by atoms with Crippen LogP contribution in [0.15, 0.2) is 54.7 Å². The van der Waals surface area contributed by atoms with Crippen molar-refractivity contribution >= 4 is 40.0 Å². The molecule has 1 aliphatic rings. The van der Waals surface area contributed by atoms with Gasteiger partial charge in [0, 0.05) is 24.0 Å². The molecular formula is C23H24N4O3. The summed E-state index contributed by atoms with van der Waals surface area (Å²) in [5.74, 6) is -0.852. The van der Waals surface area contributed by atoms with Crippen LogP contribution in [0.3, 0.4) is 0 Å². The molecule has 1 atom stereocenters. The second-order valence-electron chi connectivity index (χ2n) is 7.70. The number of benzene rings is 2. The van der Waals surface area contributed by atoms with Gasteiger partial charge in [-0.3, -0.25) is 14.4 Å². The SMILES string of the molecule is CC(C)n1ccc2c(NC(=O)CC[C@@H]3NC(=O)c4ccccc4NC3=O)cccc21. The van der Waals surface area contributed by atoms with Crippen LogP contribution in [-0.4, -0.2) is 28.3 Å². The summed E-state index contributed by atoms with van der Waals surface area (Å²) in [7, 11) is 0. The number of hydrogen-bond acceptors (Lipinski definition) is 3. The Morgan fingerprint density at radius 2 is 1.90 bits per heavy atom. The van der Waals surface area contributed by atoms with Crippen LogP contribution in [0.25, 0.3) is 10.9 Å². The maximum absolute atomic E-state index is 12.6. The molecule has 3 N–H and O–H groups in total. The van der Waals surface area contributed by atoms with Crippen LogP contribution in [0, 0.1) is 0 Å². The Labute approximate surface area is 174 Å². The lowest BCUT2D eigenvalue weighted by atomic mass is 10.1. The average molecular weight is 404 g/mol. The summed E-state index contributed by atoms with van der Waals surface area (Å²) in [4.78, 5) is 37.4. The minimum absolute atomic E-state index is 0.107. The molecule has 1 aromatic heterocycles. The van der Waals surface area contributed by atoms with E-state index in [4.69, 9.17) is 0 Å². The molecule has 4 rings (SSSR count). The average Bonchev–Trinajstić information content (AvgIpc) is 3.12. The van der Waals surface area contributed by atoms with Crippen LogP contribution in [-0.2, 0) is 9.59 Å². The molecule has 0 saturated heterocycles. The van der Waals surface area contributed by atoms with Crippen LogP contribution in [0.1, 0.15) is 43.1 Å². The number of anilines is 2. The third-order valence-electron chi connectivity index (χ3n) is 5.30. The molecule has 154 valence electrons. The van der Waals surface area contributed by atoms with Gasteiger partial charge < -0.3 is 20.5 Å². The van der Waals surface area contributed by atoms with E-state index >= 15 is 0 Å². The van der Waals surface area contributed by atoms with Crippen molar-refractivity contribution in [2.45, 2.75) is 38.8 Å². The van der Waals surface area contributed by atoms with Gasteiger partial charge in [-0.15, -0.1) is 0 Å². The standard InChI is InChI=1S/C23H24N4O3/c1-14(2)27-13-12-15-17(8-5-9-20(15)27)24-21(28)11-10-19-23(30)25-18-7-4-3-6-16(18)22(29)26-19/h3-9,12-14,19H,10-11H2,1-2H3,(H,24,28)(H,25,30)(H,26,29)/t19-/m0/s1. The largest absolute Gasteiger partial charge is 0.345 e. The van der Waals surface area contributed by atoms with Crippen molar-refractivity contribution in [3.8, 4) is 0 Å². The highest BCUT2D eigenvalue weighted by molar-refractivity contribution is 6.10. The molecule has 0 unspecified atom stereocenters. The molecule has 0 aliphatic carbocycles. The molecule has 0 bridgehead atoms. The molecule has 0 saturated carbocycles. The number of carbonyl (C=O) groups is 3. The summed E-state index contributed by atoms with van der Waals surface area (Å²) in [5.41, 5.74) is 2.68. The fraction of sp³-hybridized carbons (Fsp3) is 0.261. The first-order valence-corrected chi connectivity index (χ1v) is 10.0. The number of aromatic nitrogens is 1. The highest BCUT2D eigenvalue weighted by Crippen LogP contribution is 2.27. The molecule has 3 aromatic rings. The predicted octanol–water partition coefficient (Wildman–Crippen LogP) is 3.69. The lowest BCUT2D eigenvalue weighted by molar-refractivity contribution is -0.118. The van der Waals surface area contributed by atoms with E-state index in [0.717, 1.165) is 16.6 Å². The van der Waals surface area contributed by atoms with Gasteiger partial charge in [0.1, 0.15) is 6.04 Å². The third kappa shape index (κ3) is 3.78. The van der Waals surface area contributed by atoms with E-state index in [0.29, 0.717) is 17.3 Å². The Balaban J connectivity index is 1.43. The Bertz CT molecular complexity index is 1130. The Morgan fingerprint density at radius 3 is 2.70 bits per heavy atom. The van der Waals surface area contributed by atoms with Gasteiger partial charge in [0.25, 0.3) is 5.91 Å². The molecule has 0 radical (unpaired) electrons. The molecule has 7 nitrogen and oxygen atoms in total. The number of para-hydroxylation sites is 1. The van der Waals surface area contributed by atoms with Crippen molar-refractivity contribution in [1.82, 2.24) is 9.88 Å². The lowest BCUT2D eigenvalue weighted by Gasteiger charge is -2.15. The van der Waals surface area contributed by atoms with Gasteiger partial charge in [-0.1, -0.05) is 18.2 Å². The fourth-order valence-electron chi connectivity index (χ4n) is 3.75. The maximum Gasteiger partial charge on any atom is 0.254 e. The first-order chi connectivity index (χ1) is 14.4. The van der Waals surface area contributed by atoms with Gasteiger partial charge >= 0.3 is 0 Å². The second-order valence-corrected chi connectivity index (χ2v) is 7.70. The Kier molecular flexibility index (Phi) is 5.27. The van der Waals surface area contributed by atoms with Crippen molar-refractivity contribution in [2.75, 3.05) is 10.6 Å². The van der Waals surface area contributed by atoms with Crippen LogP contribution >= 0.6 is 0 Å². The van der Waals surface area contributed by atoms with Gasteiger partial charge in [-0.25, -0.2) is 0 Å². The normalized spacial score (nSPS) is 16.0. The first-order valence-electron chi connectivity index (χ1n) is 10.0. The molecule has 0 spiro atoms. The molecule has 1 aliphatic heterocycles. The zero-order valence-corrected chi connectivity index (χ0v) is 16.9. The molecule has 0 fully saturated rings. The van der Waals surface area contributed by atoms with Crippen molar-refractivity contribution in [2.24, 2.45) is 0 Å². The molecule has 2 aromatic carbocycles. The number of nitrogens with one attached hydrogen (secondary N) is 3. The minimum Gasteiger partial charge on any atom is -0.345 e. The zero-order chi connectivity index (χ0) is 21.3. The summed E-state index contributed by atoms with van der Waals surface area (Å²) in [5, 5.41) is 9.38. The zero-order valence-electron chi connectivity index (χ0n) is 16.9. The van der Waals surface area contributed by atoms with Gasteiger partial charge in [0.15, 0.2) is 0 Å². The quantitative estimate of drug-likeness (QED) is 0.606. The van der Waals surface area contributed by atoms with Gasteiger partial charge in [0.2, 0.25) is 11.8 Å². The highest BCUT2D eigenvalue weighted by atomic mass is 16.2. The third-order valence-corrected chi connectivity index (χ3v) is 5.30. The number of hydrogen-bond donors (Lipinski definition) is 3. The summed E-state index contributed by atoms with van der Waals surface area (Å²) in [6.07, 6.45) is 2.32.